The molecule has 0 spiro atoms. The molecular weight excluding hydrogens is 122 g/mol. The van der Waals surface area contributed by atoms with Crippen LogP contribution in [0.1, 0.15) is 6.92 Å². The van der Waals surface area contributed by atoms with Crippen molar-refractivity contribution in [2.75, 3.05) is 18.8 Å². The molecule has 1 saturated heterocycles. The second-order valence-corrected chi connectivity index (χ2v) is 4.07. The van der Waals surface area contributed by atoms with E-state index in [4.69, 9.17) is 0 Å². The molecule has 0 aromatic rings. The molecule has 1 N–H and O–H groups in total. The van der Waals surface area contributed by atoms with E-state index in [1.54, 1.807) is 0 Å². The van der Waals surface area contributed by atoms with Gasteiger partial charge in [0.05, 0.1) is 0 Å². The first kappa shape index (κ1) is 6.23. The Bertz CT molecular complexity index is 105. The van der Waals surface area contributed by atoms with Gasteiger partial charge in [0.1, 0.15) is 0 Å². The molecule has 48 valence electrons. The van der Waals surface area contributed by atoms with E-state index < -0.39 is 10.8 Å². The molecule has 1 aliphatic heterocycles. The molecule has 3 heteroatoms. The summed E-state index contributed by atoms with van der Waals surface area (Å²) in [5.74, 6) is 0.834. The Kier molecular flexibility index (Phi) is 2.02. The van der Waals surface area contributed by atoms with Gasteiger partial charge in [-0.2, -0.15) is 0 Å². The molecule has 2 nitrogen and oxygen atoms in total. The van der Waals surface area contributed by atoms with Crippen LogP contribution in [0.5, 0.6) is 0 Å². The lowest BCUT2D eigenvalue weighted by atomic mass is 10.4. The predicted octanol–water partition coefficient (Wildman–Crippen LogP) is -0.273. The number of hydrogen-bond acceptors (Lipinski definition) is 2. The molecule has 8 heavy (non-hydrogen) atoms. The lowest BCUT2D eigenvalue weighted by Crippen LogP contribution is -2.38. The Morgan fingerprint density at radius 2 is 2.50 bits per heavy atom. The van der Waals surface area contributed by atoms with Crippen LogP contribution in [0.3, 0.4) is 0 Å². The van der Waals surface area contributed by atoms with Gasteiger partial charge in [-0.15, -0.1) is 0 Å². The average Bonchev–Trinajstić information content (AvgIpc) is 1.77. The van der Waals surface area contributed by atoms with Crippen LogP contribution in [0, 0.1) is 0 Å². The normalized spacial score (nSPS) is 39.6. The van der Waals surface area contributed by atoms with Crippen LogP contribution in [-0.2, 0) is 10.8 Å². The smallest absolute Gasteiger partial charge is 0.0444 e. The van der Waals surface area contributed by atoms with Crippen molar-refractivity contribution in [2.45, 2.75) is 12.2 Å². The van der Waals surface area contributed by atoms with E-state index in [0.29, 0.717) is 5.25 Å². The first-order valence-corrected chi connectivity index (χ1v) is 4.27. The number of rotatable bonds is 0. The molecule has 0 aromatic heterocycles. The summed E-state index contributed by atoms with van der Waals surface area (Å²) in [4.78, 5) is 0. The fourth-order valence-corrected chi connectivity index (χ4v) is 1.82. The topological polar surface area (TPSA) is 29.1 Å². The van der Waals surface area contributed by atoms with Crippen LogP contribution in [0.4, 0.5) is 0 Å². The average molecular weight is 133 g/mol. The molecule has 0 aromatic carbocycles. The van der Waals surface area contributed by atoms with E-state index in [2.05, 4.69) is 5.32 Å². The fourth-order valence-electron chi connectivity index (χ4n) is 0.772. The van der Waals surface area contributed by atoms with Crippen LogP contribution in [-0.4, -0.2) is 28.3 Å². The van der Waals surface area contributed by atoms with Crippen LogP contribution in [0.15, 0.2) is 0 Å². The van der Waals surface area contributed by atoms with Crippen molar-refractivity contribution >= 4 is 10.8 Å². The second kappa shape index (κ2) is 2.60. The van der Waals surface area contributed by atoms with Gasteiger partial charge in [-0.05, 0) is 6.92 Å². The summed E-state index contributed by atoms with van der Waals surface area (Å²) in [5.41, 5.74) is 0. The molecule has 0 bridgehead atoms. The third-order valence-corrected chi connectivity index (χ3v) is 3.03. The van der Waals surface area contributed by atoms with Gasteiger partial charge in [0.2, 0.25) is 0 Å². The molecule has 1 heterocycles. The first-order chi connectivity index (χ1) is 3.80. The Balaban J connectivity index is 2.39. The van der Waals surface area contributed by atoms with Gasteiger partial charge < -0.3 is 5.32 Å². The zero-order valence-corrected chi connectivity index (χ0v) is 5.83. The Labute approximate surface area is 52.1 Å². The number of nitrogens with one attached hydrogen (secondary N) is 1. The summed E-state index contributed by atoms with van der Waals surface area (Å²) in [6.07, 6.45) is 0. The fraction of sp³-hybridized carbons (Fsp3) is 1.00. The lowest BCUT2D eigenvalue weighted by molar-refractivity contribution is 0.628. The monoisotopic (exact) mass is 133 g/mol. The van der Waals surface area contributed by atoms with Crippen LogP contribution < -0.4 is 5.32 Å². The maximum Gasteiger partial charge on any atom is 0.0444 e. The van der Waals surface area contributed by atoms with E-state index in [0.717, 1.165) is 18.8 Å². The van der Waals surface area contributed by atoms with Crippen LogP contribution in [0.25, 0.3) is 0 Å². The predicted molar refractivity (Wildman–Crippen MR) is 35.3 cm³/mol. The third-order valence-electron chi connectivity index (χ3n) is 1.36. The third kappa shape index (κ3) is 1.29. The van der Waals surface area contributed by atoms with Gasteiger partial charge in [0.25, 0.3) is 0 Å². The lowest BCUT2D eigenvalue weighted by Gasteiger charge is -2.17. The van der Waals surface area contributed by atoms with Crippen molar-refractivity contribution in [1.82, 2.24) is 5.32 Å². The minimum atomic E-state index is -0.547. The van der Waals surface area contributed by atoms with E-state index in [1.165, 1.54) is 0 Å². The SMILES string of the molecule is C[C@H]1CNCCS1=O. The zero-order valence-electron chi connectivity index (χ0n) is 5.02. The summed E-state index contributed by atoms with van der Waals surface area (Å²) >= 11 is 0. The van der Waals surface area contributed by atoms with E-state index in [9.17, 15) is 4.21 Å². The minimum absolute atomic E-state index is 0.365. The molecule has 0 radical (unpaired) electrons. The van der Waals surface area contributed by atoms with E-state index in [-0.39, 0.29) is 0 Å². The quantitative estimate of drug-likeness (QED) is 0.493. The van der Waals surface area contributed by atoms with Gasteiger partial charge in [0, 0.05) is 34.9 Å². The molecule has 0 saturated carbocycles. The van der Waals surface area contributed by atoms with Gasteiger partial charge in [-0.1, -0.05) is 0 Å². The van der Waals surface area contributed by atoms with Gasteiger partial charge >= 0.3 is 0 Å². The van der Waals surface area contributed by atoms with Gasteiger partial charge in [-0.3, -0.25) is 4.21 Å². The molecule has 1 fully saturated rings. The molecule has 1 rings (SSSR count). The highest BCUT2D eigenvalue weighted by molar-refractivity contribution is 7.85. The van der Waals surface area contributed by atoms with E-state index >= 15 is 0 Å². The van der Waals surface area contributed by atoms with E-state index in [1.807, 2.05) is 6.92 Å². The van der Waals surface area contributed by atoms with Crippen molar-refractivity contribution < 1.29 is 4.21 Å². The zero-order chi connectivity index (χ0) is 5.98. The van der Waals surface area contributed by atoms with Gasteiger partial charge in [0.15, 0.2) is 0 Å². The summed E-state index contributed by atoms with van der Waals surface area (Å²) in [6, 6.07) is 0. The summed E-state index contributed by atoms with van der Waals surface area (Å²) in [7, 11) is -0.547. The van der Waals surface area contributed by atoms with Crippen molar-refractivity contribution in [2.24, 2.45) is 0 Å². The maximum atomic E-state index is 10.9. The van der Waals surface area contributed by atoms with Gasteiger partial charge in [-0.25, -0.2) is 0 Å². The molecule has 0 aliphatic carbocycles. The van der Waals surface area contributed by atoms with Crippen molar-refractivity contribution in [1.29, 1.82) is 0 Å². The van der Waals surface area contributed by atoms with Crippen molar-refractivity contribution in [3.05, 3.63) is 0 Å². The summed E-state index contributed by atoms with van der Waals surface area (Å²) in [6.45, 7) is 3.87. The maximum absolute atomic E-state index is 10.9. The van der Waals surface area contributed by atoms with Crippen LogP contribution in [0.2, 0.25) is 0 Å². The summed E-state index contributed by atoms with van der Waals surface area (Å²) in [5, 5.41) is 3.54. The highest BCUT2D eigenvalue weighted by Gasteiger charge is 2.13. The standard InChI is InChI=1S/C5H11NOS/c1-5-4-6-2-3-8(5)7/h5-6H,2-4H2,1H3/t5-,8?/m0/s1. The molecule has 2 atom stereocenters. The first-order valence-electron chi connectivity index (χ1n) is 2.88. The molecule has 1 unspecified atom stereocenters. The minimum Gasteiger partial charge on any atom is -0.315 e. The van der Waals surface area contributed by atoms with Crippen molar-refractivity contribution in [3.63, 3.8) is 0 Å². The van der Waals surface area contributed by atoms with Crippen LogP contribution >= 0.6 is 0 Å². The summed E-state index contributed by atoms with van der Waals surface area (Å²) < 4.78 is 10.9. The highest BCUT2D eigenvalue weighted by Crippen LogP contribution is 1.97. The molecule has 1 aliphatic rings. The second-order valence-electron chi connectivity index (χ2n) is 2.10. The molecular formula is C5H11NOS. The largest absolute Gasteiger partial charge is 0.315 e. The van der Waals surface area contributed by atoms with Crippen molar-refractivity contribution in [3.8, 4) is 0 Å². The Morgan fingerprint density at radius 1 is 1.75 bits per heavy atom. The highest BCUT2D eigenvalue weighted by atomic mass is 32.2. The Morgan fingerprint density at radius 3 is 2.88 bits per heavy atom. The number of hydrogen-bond donors (Lipinski definition) is 1. The Hall–Kier alpha value is 0.110. The molecule has 0 amide bonds.